The minimum absolute atomic E-state index is 0.00394. The third kappa shape index (κ3) is 5.22. The Balaban J connectivity index is 2.69. The first-order valence-corrected chi connectivity index (χ1v) is 12.2. The minimum Gasteiger partial charge on any atom is -0.486 e. The van der Waals surface area contributed by atoms with Gasteiger partial charge < -0.3 is 30.7 Å². The lowest BCUT2D eigenvalue weighted by Gasteiger charge is -2.14. The van der Waals surface area contributed by atoms with Crippen LogP contribution in [0.3, 0.4) is 0 Å². The second kappa shape index (κ2) is 9.18. The molecule has 2 rings (SSSR count). The second-order valence-corrected chi connectivity index (χ2v) is 10.4. The van der Waals surface area contributed by atoms with Crippen LogP contribution >= 0.6 is 18.9 Å². The number of sulfonamides is 1. The molecule has 0 atom stereocenters. The zero-order chi connectivity index (χ0) is 22.0. The van der Waals surface area contributed by atoms with Gasteiger partial charge in [-0.15, -0.1) is 11.3 Å². The second-order valence-electron chi connectivity index (χ2n) is 5.75. The molecule has 15 heteroatoms. The van der Waals surface area contributed by atoms with Crippen LogP contribution in [0.2, 0.25) is 0 Å². The molecule has 1 heterocycles. The molecule has 0 amide bonds. The van der Waals surface area contributed by atoms with E-state index in [-0.39, 0.29) is 42.0 Å². The van der Waals surface area contributed by atoms with Crippen molar-refractivity contribution in [3.05, 3.63) is 17.2 Å². The summed E-state index contributed by atoms with van der Waals surface area (Å²) in [5.41, 5.74) is 10.5. The lowest BCUT2D eigenvalue weighted by atomic mass is 10.1. The number of hydrogen-bond donors (Lipinski definition) is 5. The van der Waals surface area contributed by atoms with Crippen molar-refractivity contribution in [2.75, 3.05) is 32.6 Å². The Morgan fingerprint density at radius 1 is 1.10 bits per heavy atom. The summed E-state index contributed by atoms with van der Waals surface area (Å²) >= 11 is 0.392. The van der Waals surface area contributed by atoms with Crippen molar-refractivity contribution in [2.24, 2.45) is 11.5 Å². The maximum atomic E-state index is 15.1. The number of rotatable bonds is 10. The van der Waals surface area contributed by atoms with Crippen molar-refractivity contribution < 1.29 is 41.0 Å². The quantitative estimate of drug-likeness (QED) is 0.308. The number of hydrogen-bond acceptors (Lipinski definition) is 8. The van der Waals surface area contributed by atoms with Gasteiger partial charge in [0.15, 0.2) is 11.6 Å². The fraction of sp³-hybridized carbons (Fsp3) is 0.429. The van der Waals surface area contributed by atoms with Crippen LogP contribution in [0, 0.1) is 18.6 Å². The van der Waals surface area contributed by atoms with Crippen molar-refractivity contribution >= 4 is 39.0 Å². The molecule has 10 nitrogen and oxygen atoms in total. The standard InChI is InChI=1S/C14H20F2N3O7PS2/c1-7-8-9(15)11(25-4-2-17)12(26-5-3-18)10(16)13(8)28-14(7)29(23,24)19-6-27(20,21)22/h19H,2-6,17-18H2,1H3,(H2,20,21,22). The smallest absolute Gasteiger partial charge is 0.340 e. The highest BCUT2D eigenvalue weighted by molar-refractivity contribution is 7.92. The Bertz CT molecular complexity index is 1060. The van der Waals surface area contributed by atoms with E-state index in [4.69, 9.17) is 30.7 Å². The summed E-state index contributed by atoms with van der Waals surface area (Å²) in [5, 5.41) is -0.351. The van der Waals surface area contributed by atoms with E-state index >= 15 is 8.78 Å². The Labute approximate surface area is 169 Å². The van der Waals surface area contributed by atoms with E-state index in [2.05, 4.69) is 0 Å². The summed E-state index contributed by atoms with van der Waals surface area (Å²) in [4.78, 5) is 17.8. The zero-order valence-electron chi connectivity index (χ0n) is 15.1. The van der Waals surface area contributed by atoms with Gasteiger partial charge in [-0.2, -0.15) is 4.72 Å². The van der Waals surface area contributed by atoms with E-state index in [0.29, 0.717) is 11.3 Å². The van der Waals surface area contributed by atoms with Crippen LogP contribution in [-0.2, 0) is 14.6 Å². The van der Waals surface area contributed by atoms with Gasteiger partial charge in [0.25, 0.3) is 10.0 Å². The van der Waals surface area contributed by atoms with Gasteiger partial charge in [0.05, 0.1) is 4.70 Å². The third-order valence-electron chi connectivity index (χ3n) is 3.56. The van der Waals surface area contributed by atoms with Crippen LogP contribution in [-0.4, -0.2) is 50.8 Å². The minimum atomic E-state index is -4.69. The van der Waals surface area contributed by atoms with E-state index < -0.39 is 51.2 Å². The van der Waals surface area contributed by atoms with Crippen molar-refractivity contribution in [1.82, 2.24) is 4.72 Å². The van der Waals surface area contributed by atoms with Crippen molar-refractivity contribution in [2.45, 2.75) is 11.1 Å². The monoisotopic (exact) mass is 475 g/mol. The molecule has 0 saturated carbocycles. The molecule has 0 unspecified atom stereocenters. The van der Waals surface area contributed by atoms with Gasteiger partial charge >= 0.3 is 7.60 Å². The van der Waals surface area contributed by atoms with Gasteiger partial charge in [0, 0.05) is 18.5 Å². The maximum absolute atomic E-state index is 15.1. The van der Waals surface area contributed by atoms with Crippen molar-refractivity contribution in [1.29, 1.82) is 0 Å². The summed E-state index contributed by atoms with van der Waals surface area (Å²) in [6.45, 7) is 0.939. The largest absolute Gasteiger partial charge is 0.486 e. The first kappa shape index (κ1) is 23.9. The van der Waals surface area contributed by atoms with Gasteiger partial charge in [0.1, 0.15) is 23.7 Å². The molecule has 0 aliphatic carbocycles. The maximum Gasteiger partial charge on any atom is 0.340 e. The molecule has 0 saturated heterocycles. The summed E-state index contributed by atoms with van der Waals surface area (Å²) in [6.07, 6.45) is -1.16. The van der Waals surface area contributed by atoms with Gasteiger partial charge in [-0.3, -0.25) is 4.57 Å². The van der Waals surface area contributed by atoms with E-state index in [1.54, 1.807) is 4.72 Å². The number of benzene rings is 1. The number of nitrogens with two attached hydrogens (primary N) is 2. The average Bonchev–Trinajstić information content (AvgIpc) is 2.99. The van der Waals surface area contributed by atoms with Gasteiger partial charge in [-0.05, 0) is 12.5 Å². The molecule has 1 aromatic carbocycles. The molecular formula is C14H20F2N3O7PS2. The van der Waals surface area contributed by atoms with Crippen LogP contribution < -0.4 is 25.7 Å². The summed E-state index contributed by atoms with van der Waals surface area (Å²) in [5.74, 6) is -3.23. The lowest BCUT2D eigenvalue weighted by Crippen LogP contribution is -2.24. The number of halogens is 2. The van der Waals surface area contributed by atoms with Gasteiger partial charge in [-0.1, -0.05) is 0 Å². The normalized spacial score (nSPS) is 12.5. The predicted octanol–water partition coefficient (Wildman–Crippen LogP) is 0.576. The molecule has 0 fully saturated rings. The first-order valence-electron chi connectivity index (χ1n) is 8.08. The SMILES string of the molecule is Cc1c(S(=O)(=O)NCP(=O)(O)O)sc2c(F)c(OCCN)c(OCCN)c(F)c12. The van der Waals surface area contributed by atoms with Crippen LogP contribution in [0.25, 0.3) is 10.1 Å². The molecule has 0 radical (unpaired) electrons. The van der Waals surface area contributed by atoms with Crippen LogP contribution in [0.1, 0.15) is 5.56 Å². The summed E-state index contributed by atoms with van der Waals surface area (Å²) in [6, 6.07) is 0. The highest BCUT2D eigenvalue weighted by Gasteiger charge is 2.31. The predicted molar refractivity (Wildman–Crippen MR) is 103 cm³/mol. The highest BCUT2D eigenvalue weighted by Crippen LogP contribution is 2.46. The molecule has 2 aromatic rings. The number of thiophene rings is 1. The van der Waals surface area contributed by atoms with Crippen molar-refractivity contribution in [3.8, 4) is 11.5 Å². The Hall–Kier alpha value is -1.38. The molecule has 1 aromatic heterocycles. The van der Waals surface area contributed by atoms with Gasteiger partial charge in [-0.25, -0.2) is 17.2 Å². The Morgan fingerprint density at radius 2 is 1.62 bits per heavy atom. The van der Waals surface area contributed by atoms with Crippen molar-refractivity contribution in [3.63, 3.8) is 0 Å². The molecule has 29 heavy (non-hydrogen) atoms. The fourth-order valence-corrected chi connectivity index (χ4v) is 6.22. The topological polar surface area (TPSA) is 174 Å². The lowest BCUT2D eigenvalue weighted by molar-refractivity contribution is 0.258. The number of ether oxygens (including phenoxy) is 2. The third-order valence-corrected chi connectivity index (χ3v) is 7.65. The first-order chi connectivity index (χ1) is 13.4. The molecule has 164 valence electrons. The van der Waals surface area contributed by atoms with Crippen LogP contribution in [0.15, 0.2) is 4.21 Å². The van der Waals surface area contributed by atoms with Gasteiger partial charge in [0.2, 0.25) is 11.5 Å². The molecule has 0 spiro atoms. The van der Waals surface area contributed by atoms with E-state index in [9.17, 15) is 13.0 Å². The fourth-order valence-electron chi connectivity index (χ4n) is 2.40. The molecule has 0 aliphatic rings. The molecule has 7 N–H and O–H groups in total. The summed E-state index contributed by atoms with van der Waals surface area (Å²) < 4.78 is 77.2. The summed E-state index contributed by atoms with van der Waals surface area (Å²) in [7, 11) is -9.15. The number of aryl methyl sites for hydroxylation is 1. The number of nitrogens with one attached hydrogen (secondary N) is 1. The van der Waals surface area contributed by atoms with E-state index in [1.165, 1.54) is 6.92 Å². The number of fused-ring (bicyclic) bond motifs is 1. The average molecular weight is 475 g/mol. The Kier molecular flexibility index (Phi) is 7.57. The molecular weight excluding hydrogens is 455 g/mol. The zero-order valence-corrected chi connectivity index (χ0v) is 17.7. The van der Waals surface area contributed by atoms with Crippen LogP contribution in [0.5, 0.6) is 11.5 Å². The van der Waals surface area contributed by atoms with E-state index in [1.807, 2.05) is 0 Å². The Morgan fingerprint density at radius 3 is 2.10 bits per heavy atom. The van der Waals surface area contributed by atoms with E-state index in [0.717, 1.165) is 0 Å². The molecule has 0 bridgehead atoms. The molecule has 0 aliphatic heterocycles. The van der Waals surface area contributed by atoms with Crippen LogP contribution in [0.4, 0.5) is 8.78 Å². The highest BCUT2D eigenvalue weighted by atomic mass is 32.2.